The Morgan fingerprint density at radius 2 is 1.74 bits per heavy atom. The van der Waals surface area contributed by atoms with E-state index in [1.54, 1.807) is 4.90 Å². The summed E-state index contributed by atoms with van der Waals surface area (Å²) in [7, 11) is 0.202. The van der Waals surface area contributed by atoms with E-state index < -0.39 is 27.2 Å². The van der Waals surface area contributed by atoms with Gasteiger partial charge in [-0.2, -0.15) is 9.97 Å². The van der Waals surface area contributed by atoms with E-state index in [9.17, 15) is 17.9 Å². The average Bonchev–Trinajstić information content (AvgIpc) is 3.33. The van der Waals surface area contributed by atoms with Crippen LogP contribution < -0.4 is 19.1 Å². The van der Waals surface area contributed by atoms with E-state index in [4.69, 9.17) is 14.2 Å². The van der Waals surface area contributed by atoms with Crippen LogP contribution in [0.25, 0.3) is 5.69 Å². The monoisotopic (exact) mass is 567 g/mol. The number of rotatable bonds is 12. The molecule has 1 aliphatic rings. The largest absolute Gasteiger partial charge is 0.479 e. The number of nitrogens with one attached hydrogen (secondary N) is 1. The molecule has 0 aromatic carbocycles. The second kappa shape index (κ2) is 12.4. The molecule has 1 aliphatic heterocycles. The Morgan fingerprint density at radius 3 is 2.36 bits per heavy atom. The number of unbranched alkanes of at least 4 members (excludes halogenated alkanes) is 1. The highest BCUT2D eigenvalue weighted by molar-refractivity contribution is 7.93. The van der Waals surface area contributed by atoms with Gasteiger partial charge in [0, 0.05) is 33.2 Å². The third-order valence-corrected chi connectivity index (χ3v) is 7.86. The molecule has 1 fully saturated rings. The van der Waals surface area contributed by atoms with Gasteiger partial charge in [0.15, 0.2) is 11.5 Å². The first kappa shape index (κ1) is 28.3. The fourth-order valence-electron chi connectivity index (χ4n) is 4.26. The molecule has 1 saturated heterocycles. The molecule has 0 bridgehead atoms. The minimum Gasteiger partial charge on any atom is -0.479 e. The van der Waals surface area contributed by atoms with Crippen LogP contribution in [0.5, 0.6) is 11.8 Å². The third-order valence-electron chi connectivity index (χ3n) is 6.17. The van der Waals surface area contributed by atoms with E-state index in [0.29, 0.717) is 31.6 Å². The van der Waals surface area contributed by atoms with E-state index in [2.05, 4.69) is 34.9 Å². The molecule has 3 aromatic heterocycles. The lowest BCUT2D eigenvalue weighted by Crippen LogP contribution is -2.51. The molecule has 0 saturated carbocycles. The van der Waals surface area contributed by atoms with Crippen molar-refractivity contribution in [3.63, 3.8) is 0 Å². The number of piperidine rings is 1. The number of aliphatic hydroxyl groups excluding tert-OH is 1. The molecule has 4 rings (SSSR count). The highest BCUT2D eigenvalue weighted by Crippen LogP contribution is 2.33. The van der Waals surface area contributed by atoms with Crippen LogP contribution in [0.3, 0.4) is 0 Å². The molecular weight excluding hydrogens is 537 g/mol. The number of anilines is 2. The maximum atomic E-state index is 13.7. The first-order valence-electron chi connectivity index (χ1n) is 12.1. The SMILES string of the molecule is COc1ncnc(OC)c1-n1c(CCCCO)nnc1NS(=O)(=O)[C@H]1C[C@@H](OC)CN(c2ncc(F)cn2)C1. The summed E-state index contributed by atoms with van der Waals surface area (Å²) in [4.78, 5) is 17.9. The molecule has 15 nitrogen and oxygen atoms in total. The molecule has 17 heteroatoms. The van der Waals surface area contributed by atoms with Crippen molar-refractivity contribution in [3.8, 4) is 17.4 Å². The number of hydrogen-bond donors (Lipinski definition) is 2. The van der Waals surface area contributed by atoms with Crippen molar-refractivity contribution in [3.05, 3.63) is 30.4 Å². The summed E-state index contributed by atoms with van der Waals surface area (Å²) in [6.45, 7) is 0.347. The number of methoxy groups -OCH3 is 3. The van der Waals surface area contributed by atoms with Gasteiger partial charge in [0.25, 0.3) is 0 Å². The second-order valence-corrected chi connectivity index (χ2v) is 10.6. The van der Waals surface area contributed by atoms with Gasteiger partial charge in [-0.05, 0) is 19.3 Å². The van der Waals surface area contributed by atoms with Crippen LogP contribution >= 0.6 is 0 Å². The van der Waals surface area contributed by atoms with Crippen LogP contribution in [-0.4, -0.2) is 101 Å². The quantitative estimate of drug-likeness (QED) is 0.287. The Labute approximate surface area is 224 Å². The predicted molar refractivity (Wildman–Crippen MR) is 136 cm³/mol. The maximum absolute atomic E-state index is 13.7. The number of aliphatic hydroxyl groups is 1. The van der Waals surface area contributed by atoms with Crippen molar-refractivity contribution >= 4 is 21.9 Å². The molecular formula is C22H30FN9O6S. The predicted octanol–water partition coefficient (Wildman–Crippen LogP) is 0.354. The van der Waals surface area contributed by atoms with Gasteiger partial charge in [0.1, 0.15) is 17.4 Å². The molecule has 2 N–H and O–H groups in total. The molecule has 4 heterocycles. The van der Waals surface area contributed by atoms with Crippen LogP contribution in [0.4, 0.5) is 16.3 Å². The maximum Gasteiger partial charge on any atom is 0.245 e. The minimum absolute atomic E-state index is 0.00860. The van der Waals surface area contributed by atoms with Gasteiger partial charge < -0.3 is 24.2 Å². The normalized spacial score (nSPS) is 17.7. The number of aromatic nitrogens is 7. The fourth-order valence-corrected chi connectivity index (χ4v) is 5.66. The highest BCUT2D eigenvalue weighted by Gasteiger charge is 2.38. The van der Waals surface area contributed by atoms with Gasteiger partial charge in [-0.25, -0.2) is 22.8 Å². The molecule has 212 valence electrons. The van der Waals surface area contributed by atoms with Crippen LogP contribution in [-0.2, 0) is 21.2 Å². The Bertz CT molecular complexity index is 1340. The molecule has 0 aliphatic carbocycles. The molecule has 2 atom stereocenters. The van der Waals surface area contributed by atoms with Crippen molar-refractivity contribution in [2.75, 3.05) is 50.6 Å². The summed E-state index contributed by atoms with van der Waals surface area (Å²) in [6.07, 6.45) is 4.44. The summed E-state index contributed by atoms with van der Waals surface area (Å²) in [5, 5.41) is 16.6. The van der Waals surface area contributed by atoms with Crippen molar-refractivity contribution in [2.45, 2.75) is 37.0 Å². The second-order valence-electron chi connectivity index (χ2n) is 8.67. The number of ether oxygens (including phenoxy) is 3. The first-order chi connectivity index (χ1) is 18.8. The van der Waals surface area contributed by atoms with Crippen molar-refractivity contribution < 1.29 is 32.1 Å². The summed E-state index contributed by atoms with van der Waals surface area (Å²) in [5.41, 5.74) is 0.212. The van der Waals surface area contributed by atoms with E-state index in [-0.39, 0.29) is 48.9 Å². The minimum atomic E-state index is -4.10. The van der Waals surface area contributed by atoms with Crippen molar-refractivity contribution in [1.29, 1.82) is 0 Å². The number of halogens is 1. The van der Waals surface area contributed by atoms with Gasteiger partial charge in [0.2, 0.25) is 33.7 Å². The molecule has 0 spiro atoms. The van der Waals surface area contributed by atoms with Crippen LogP contribution in [0.1, 0.15) is 25.1 Å². The van der Waals surface area contributed by atoms with E-state index in [1.807, 2.05) is 0 Å². The molecule has 0 unspecified atom stereocenters. The standard InChI is InChI=1S/C22H30FN9O6S/c1-36-15-8-16(12-31(11-15)21-24-9-14(23)10-25-21)39(34,35)30-22-29-28-17(6-4-5-7-33)32(22)18-19(37-2)26-13-27-20(18)38-3/h9-10,13,15-16,33H,4-8,11-12H2,1-3H3,(H,29,30)/t15-,16+/m1/s1. The Hall–Kier alpha value is -3.70. The number of nitrogens with zero attached hydrogens (tertiary/aromatic N) is 8. The van der Waals surface area contributed by atoms with Crippen LogP contribution in [0.15, 0.2) is 18.7 Å². The van der Waals surface area contributed by atoms with Gasteiger partial charge in [-0.3, -0.25) is 9.29 Å². The average molecular weight is 568 g/mol. The number of aryl methyl sites for hydroxylation is 1. The number of sulfonamides is 1. The lowest BCUT2D eigenvalue weighted by molar-refractivity contribution is 0.0898. The zero-order valence-electron chi connectivity index (χ0n) is 21.7. The summed E-state index contributed by atoms with van der Waals surface area (Å²) in [5.74, 6) is 0.0692. The Balaban J connectivity index is 1.70. The highest BCUT2D eigenvalue weighted by atomic mass is 32.2. The van der Waals surface area contributed by atoms with Crippen LogP contribution in [0, 0.1) is 5.82 Å². The summed E-state index contributed by atoms with van der Waals surface area (Å²) in [6, 6.07) is 0. The molecule has 0 amide bonds. The lowest BCUT2D eigenvalue weighted by Gasteiger charge is -2.36. The number of hydrogen-bond acceptors (Lipinski definition) is 13. The molecule has 3 aromatic rings. The van der Waals surface area contributed by atoms with E-state index in [1.165, 1.54) is 32.2 Å². The van der Waals surface area contributed by atoms with Crippen molar-refractivity contribution in [1.82, 2.24) is 34.7 Å². The van der Waals surface area contributed by atoms with Gasteiger partial charge in [-0.15, -0.1) is 10.2 Å². The van der Waals surface area contributed by atoms with Gasteiger partial charge in [0.05, 0.1) is 32.7 Å². The summed E-state index contributed by atoms with van der Waals surface area (Å²) >= 11 is 0. The smallest absolute Gasteiger partial charge is 0.245 e. The zero-order chi connectivity index (χ0) is 28.0. The van der Waals surface area contributed by atoms with Crippen LogP contribution in [0.2, 0.25) is 0 Å². The summed E-state index contributed by atoms with van der Waals surface area (Å²) < 4.78 is 61.1. The van der Waals surface area contributed by atoms with Gasteiger partial charge in [-0.1, -0.05) is 0 Å². The Kier molecular flexibility index (Phi) is 9.03. The lowest BCUT2D eigenvalue weighted by atomic mass is 10.1. The van der Waals surface area contributed by atoms with Gasteiger partial charge >= 0.3 is 0 Å². The molecule has 39 heavy (non-hydrogen) atoms. The first-order valence-corrected chi connectivity index (χ1v) is 13.6. The molecule has 0 radical (unpaired) electrons. The fraction of sp³-hybridized carbons (Fsp3) is 0.545. The van der Waals surface area contributed by atoms with Crippen molar-refractivity contribution in [2.24, 2.45) is 0 Å². The van der Waals surface area contributed by atoms with E-state index >= 15 is 0 Å². The Morgan fingerprint density at radius 1 is 1.05 bits per heavy atom. The third kappa shape index (κ3) is 6.31. The topological polar surface area (TPSA) is 180 Å². The zero-order valence-corrected chi connectivity index (χ0v) is 22.5. The van der Waals surface area contributed by atoms with E-state index in [0.717, 1.165) is 12.4 Å².